The van der Waals surface area contributed by atoms with Gasteiger partial charge in [-0.15, -0.1) is 0 Å². The van der Waals surface area contributed by atoms with Crippen molar-refractivity contribution in [3.63, 3.8) is 0 Å². The summed E-state index contributed by atoms with van der Waals surface area (Å²) in [5, 5.41) is 9.53. The molecular weight excluding hydrogens is 262 g/mol. The number of halogens is 1. The van der Waals surface area contributed by atoms with E-state index in [0.717, 1.165) is 11.3 Å². The number of aliphatic hydroxyl groups is 1. The molecule has 4 nitrogen and oxygen atoms in total. The van der Waals surface area contributed by atoms with E-state index < -0.39 is 9.84 Å². The van der Waals surface area contributed by atoms with Crippen molar-refractivity contribution in [1.82, 2.24) is 0 Å². The van der Waals surface area contributed by atoms with Crippen LogP contribution in [0.3, 0.4) is 0 Å². The van der Waals surface area contributed by atoms with Gasteiger partial charge in [0.2, 0.25) is 0 Å². The zero-order chi connectivity index (χ0) is 12.5. The van der Waals surface area contributed by atoms with Crippen LogP contribution in [0.2, 0.25) is 5.02 Å². The minimum atomic E-state index is -2.87. The molecule has 1 heterocycles. The lowest BCUT2D eigenvalue weighted by Gasteiger charge is -2.29. The number of anilines is 1. The molecule has 0 unspecified atom stereocenters. The molecule has 1 aromatic rings. The van der Waals surface area contributed by atoms with Crippen LogP contribution in [0.1, 0.15) is 5.56 Å². The highest BCUT2D eigenvalue weighted by Gasteiger charge is 2.22. The van der Waals surface area contributed by atoms with Crippen LogP contribution < -0.4 is 4.90 Å². The fourth-order valence-corrected chi connectivity index (χ4v) is 3.38. The summed E-state index contributed by atoms with van der Waals surface area (Å²) in [6.07, 6.45) is 0. The van der Waals surface area contributed by atoms with Crippen LogP contribution in [0, 0.1) is 0 Å². The average molecular weight is 276 g/mol. The lowest BCUT2D eigenvalue weighted by atomic mass is 10.2. The fraction of sp³-hybridized carbons (Fsp3) is 0.455. The van der Waals surface area contributed by atoms with Gasteiger partial charge in [-0.05, 0) is 17.7 Å². The maximum atomic E-state index is 11.3. The zero-order valence-corrected chi connectivity index (χ0v) is 10.8. The van der Waals surface area contributed by atoms with Crippen LogP contribution in [-0.2, 0) is 16.4 Å². The van der Waals surface area contributed by atoms with Crippen molar-refractivity contribution in [2.24, 2.45) is 0 Å². The monoisotopic (exact) mass is 275 g/mol. The van der Waals surface area contributed by atoms with Gasteiger partial charge in [-0.25, -0.2) is 8.42 Å². The molecule has 0 radical (unpaired) electrons. The van der Waals surface area contributed by atoms with Gasteiger partial charge in [-0.1, -0.05) is 17.7 Å². The fourth-order valence-electron chi connectivity index (χ4n) is 1.86. The molecule has 6 heteroatoms. The van der Waals surface area contributed by atoms with Gasteiger partial charge in [0.25, 0.3) is 0 Å². The van der Waals surface area contributed by atoms with E-state index in [-0.39, 0.29) is 18.1 Å². The summed E-state index contributed by atoms with van der Waals surface area (Å²) in [5.74, 6) is 0.343. The number of sulfone groups is 1. The van der Waals surface area contributed by atoms with Gasteiger partial charge in [-0.2, -0.15) is 0 Å². The van der Waals surface area contributed by atoms with Crippen molar-refractivity contribution in [3.05, 3.63) is 28.8 Å². The quantitative estimate of drug-likeness (QED) is 0.877. The predicted molar refractivity (Wildman–Crippen MR) is 68.2 cm³/mol. The molecule has 1 saturated heterocycles. The van der Waals surface area contributed by atoms with Crippen molar-refractivity contribution >= 4 is 27.1 Å². The van der Waals surface area contributed by atoms with Gasteiger partial charge in [0.15, 0.2) is 9.84 Å². The maximum absolute atomic E-state index is 11.3. The molecule has 17 heavy (non-hydrogen) atoms. The van der Waals surface area contributed by atoms with Crippen LogP contribution in [-0.4, -0.2) is 38.1 Å². The first-order valence-electron chi connectivity index (χ1n) is 5.36. The molecule has 1 aliphatic heterocycles. The first kappa shape index (κ1) is 12.7. The number of rotatable bonds is 2. The van der Waals surface area contributed by atoms with E-state index in [0.29, 0.717) is 18.1 Å². The number of nitrogens with zero attached hydrogens (tertiary/aromatic N) is 1. The summed E-state index contributed by atoms with van der Waals surface area (Å²) in [4.78, 5) is 1.96. The van der Waals surface area contributed by atoms with E-state index in [1.165, 1.54) is 0 Å². The zero-order valence-electron chi connectivity index (χ0n) is 9.26. The Morgan fingerprint density at radius 1 is 1.29 bits per heavy atom. The molecule has 0 aliphatic carbocycles. The Morgan fingerprint density at radius 2 is 1.94 bits per heavy atom. The van der Waals surface area contributed by atoms with Gasteiger partial charge in [0.05, 0.1) is 28.8 Å². The van der Waals surface area contributed by atoms with E-state index in [9.17, 15) is 8.42 Å². The van der Waals surface area contributed by atoms with Crippen molar-refractivity contribution in [2.75, 3.05) is 29.5 Å². The topological polar surface area (TPSA) is 57.6 Å². The second-order valence-electron chi connectivity index (χ2n) is 4.08. The minimum absolute atomic E-state index is 0.0472. The molecule has 1 aliphatic rings. The van der Waals surface area contributed by atoms with Crippen molar-refractivity contribution < 1.29 is 13.5 Å². The van der Waals surface area contributed by atoms with Crippen molar-refractivity contribution in [1.29, 1.82) is 0 Å². The number of hydrogen-bond acceptors (Lipinski definition) is 4. The van der Waals surface area contributed by atoms with Crippen molar-refractivity contribution in [2.45, 2.75) is 6.61 Å². The van der Waals surface area contributed by atoms with E-state index in [1.807, 2.05) is 11.0 Å². The van der Waals surface area contributed by atoms with Gasteiger partial charge >= 0.3 is 0 Å². The molecule has 1 N–H and O–H groups in total. The predicted octanol–water partition coefficient (Wildman–Crippen LogP) is 1.07. The smallest absolute Gasteiger partial charge is 0.153 e. The molecule has 0 amide bonds. The lowest BCUT2D eigenvalue weighted by molar-refractivity contribution is 0.282. The second kappa shape index (κ2) is 4.84. The Morgan fingerprint density at radius 3 is 2.47 bits per heavy atom. The summed E-state index contributed by atoms with van der Waals surface area (Å²) in [7, 11) is -2.87. The van der Waals surface area contributed by atoms with Gasteiger partial charge in [0, 0.05) is 13.1 Å². The normalized spacial score (nSPS) is 19.3. The Balaban J connectivity index is 2.19. The molecule has 0 bridgehead atoms. The molecule has 0 spiro atoms. The Labute approximate surface area is 106 Å². The molecule has 0 atom stereocenters. The second-order valence-corrected chi connectivity index (χ2v) is 6.79. The largest absolute Gasteiger partial charge is 0.392 e. The highest BCUT2D eigenvalue weighted by molar-refractivity contribution is 7.91. The summed E-state index contributed by atoms with van der Waals surface area (Å²) in [6.45, 7) is 0.898. The SMILES string of the molecule is O=S1(=O)CCN(c2ccc(CO)cc2Cl)CC1. The summed E-state index contributed by atoms with van der Waals surface area (Å²) >= 11 is 6.11. The third-order valence-corrected chi connectivity index (χ3v) is 4.79. The van der Waals surface area contributed by atoms with Crippen LogP contribution in [0.25, 0.3) is 0 Å². The van der Waals surface area contributed by atoms with E-state index in [1.54, 1.807) is 12.1 Å². The molecule has 0 aromatic heterocycles. The Bertz CT molecular complexity index is 501. The maximum Gasteiger partial charge on any atom is 0.153 e. The van der Waals surface area contributed by atoms with Crippen LogP contribution >= 0.6 is 11.6 Å². The van der Waals surface area contributed by atoms with Gasteiger partial charge in [0.1, 0.15) is 0 Å². The molecule has 0 saturated carbocycles. The van der Waals surface area contributed by atoms with E-state index >= 15 is 0 Å². The number of hydrogen-bond donors (Lipinski definition) is 1. The van der Waals surface area contributed by atoms with Crippen LogP contribution in [0.5, 0.6) is 0 Å². The minimum Gasteiger partial charge on any atom is -0.392 e. The molecule has 1 fully saturated rings. The summed E-state index contributed by atoms with van der Waals surface area (Å²) in [5.41, 5.74) is 1.59. The average Bonchev–Trinajstić information content (AvgIpc) is 2.29. The van der Waals surface area contributed by atoms with Gasteiger partial charge < -0.3 is 10.0 Å². The highest BCUT2D eigenvalue weighted by Crippen LogP contribution is 2.28. The summed E-state index contributed by atoms with van der Waals surface area (Å²) < 4.78 is 22.6. The number of aliphatic hydroxyl groups excluding tert-OH is 1. The third-order valence-electron chi connectivity index (χ3n) is 2.88. The molecule has 2 rings (SSSR count). The van der Waals surface area contributed by atoms with Crippen LogP contribution in [0.4, 0.5) is 5.69 Å². The van der Waals surface area contributed by atoms with E-state index in [4.69, 9.17) is 16.7 Å². The standard InChI is InChI=1S/C11H14ClNO3S/c12-10-7-9(8-14)1-2-11(10)13-3-5-17(15,16)6-4-13/h1-2,7,14H,3-6,8H2. The van der Waals surface area contributed by atoms with Crippen LogP contribution in [0.15, 0.2) is 18.2 Å². The Hall–Kier alpha value is -0.780. The summed E-state index contributed by atoms with van der Waals surface area (Å²) in [6, 6.07) is 5.33. The first-order chi connectivity index (χ1) is 8.02. The van der Waals surface area contributed by atoms with Crippen molar-refractivity contribution in [3.8, 4) is 0 Å². The molecular formula is C11H14ClNO3S. The molecule has 1 aromatic carbocycles. The van der Waals surface area contributed by atoms with Gasteiger partial charge in [-0.3, -0.25) is 0 Å². The van der Waals surface area contributed by atoms with E-state index in [2.05, 4.69) is 0 Å². The highest BCUT2D eigenvalue weighted by atomic mass is 35.5. The molecule has 94 valence electrons. The third kappa shape index (κ3) is 2.91. The first-order valence-corrected chi connectivity index (χ1v) is 7.56. The number of benzene rings is 1. The lowest BCUT2D eigenvalue weighted by Crippen LogP contribution is -2.40. The Kier molecular flexibility index (Phi) is 3.61.